The lowest BCUT2D eigenvalue weighted by atomic mass is 10.3. The number of hydrogen-bond donors (Lipinski definition) is 2. The molecule has 6 heteroatoms. The number of ether oxygens (including phenoxy) is 1. The quantitative estimate of drug-likeness (QED) is 0.625. The van der Waals surface area contributed by atoms with Crippen LogP contribution in [-0.2, 0) is 4.79 Å². The number of carbonyl (C=O) groups is 1. The van der Waals surface area contributed by atoms with Gasteiger partial charge in [0.05, 0.1) is 25.6 Å². The van der Waals surface area contributed by atoms with Crippen molar-refractivity contribution in [2.24, 2.45) is 5.10 Å². The Morgan fingerprint density at radius 1 is 1.29 bits per heavy atom. The Morgan fingerprint density at radius 3 is 2.81 bits per heavy atom. The van der Waals surface area contributed by atoms with Gasteiger partial charge in [-0.1, -0.05) is 12.1 Å². The number of benzene rings is 1. The standard InChI is InChI=1S/C15H16N4O2/c1-21-14-5-3-2-4-13(14)17-11-15(20)19-18-10-12-6-8-16-9-7-12/h2-10,17H,11H2,1H3,(H,19,20)/b18-10+. The zero-order valence-corrected chi connectivity index (χ0v) is 11.6. The number of hydrogen-bond acceptors (Lipinski definition) is 5. The normalized spacial score (nSPS) is 10.3. The summed E-state index contributed by atoms with van der Waals surface area (Å²) < 4.78 is 5.19. The minimum absolute atomic E-state index is 0.105. The Kier molecular flexibility index (Phi) is 5.28. The average molecular weight is 284 g/mol. The van der Waals surface area contributed by atoms with Crippen molar-refractivity contribution in [1.82, 2.24) is 10.4 Å². The molecule has 21 heavy (non-hydrogen) atoms. The fraction of sp³-hybridized carbons (Fsp3) is 0.133. The molecule has 2 aromatic rings. The highest BCUT2D eigenvalue weighted by Crippen LogP contribution is 2.22. The minimum Gasteiger partial charge on any atom is -0.495 e. The van der Waals surface area contributed by atoms with Crippen LogP contribution in [0.2, 0.25) is 0 Å². The summed E-state index contributed by atoms with van der Waals surface area (Å²) in [4.78, 5) is 15.6. The summed E-state index contributed by atoms with van der Waals surface area (Å²) in [6.07, 6.45) is 4.88. The van der Waals surface area contributed by atoms with E-state index < -0.39 is 0 Å². The maximum atomic E-state index is 11.7. The summed E-state index contributed by atoms with van der Waals surface area (Å²) in [6.45, 7) is 0.105. The van der Waals surface area contributed by atoms with Crippen LogP contribution in [0.1, 0.15) is 5.56 Å². The highest BCUT2D eigenvalue weighted by atomic mass is 16.5. The number of anilines is 1. The maximum absolute atomic E-state index is 11.7. The van der Waals surface area contributed by atoms with Crippen LogP contribution in [0, 0.1) is 0 Å². The number of nitrogens with zero attached hydrogens (tertiary/aromatic N) is 2. The molecule has 0 atom stereocenters. The molecule has 0 unspecified atom stereocenters. The van der Waals surface area contributed by atoms with Crippen molar-refractivity contribution < 1.29 is 9.53 Å². The molecule has 0 spiro atoms. The van der Waals surface area contributed by atoms with Gasteiger partial charge in [-0.3, -0.25) is 9.78 Å². The predicted octanol–water partition coefficient (Wildman–Crippen LogP) is 1.65. The SMILES string of the molecule is COc1ccccc1NCC(=O)N/N=C/c1ccncc1. The molecule has 0 aliphatic carbocycles. The van der Waals surface area contributed by atoms with Gasteiger partial charge in [-0.05, 0) is 29.8 Å². The van der Waals surface area contributed by atoms with Crippen molar-refractivity contribution in [3.05, 3.63) is 54.4 Å². The molecular formula is C15H16N4O2. The number of rotatable bonds is 6. The van der Waals surface area contributed by atoms with E-state index in [1.54, 1.807) is 37.9 Å². The average Bonchev–Trinajstić information content (AvgIpc) is 2.54. The van der Waals surface area contributed by atoms with E-state index in [-0.39, 0.29) is 12.5 Å². The van der Waals surface area contributed by atoms with Crippen LogP contribution in [-0.4, -0.2) is 30.8 Å². The maximum Gasteiger partial charge on any atom is 0.259 e. The Morgan fingerprint density at radius 2 is 2.05 bits per heavy atom. The fourth-order valence-electron chi connectivity index (χ4n) is 1.63. The lowest BCUT2D eigenvalue weighted by Crippen LogP contribution is -2.26. The third-order valence-electron chi connectivity index (χ3n) is 2.66. The van der Waals surface area contributed by atoms with Crippen molar-refractivity contribution in [3.63, 3.8) is 0 Å². The highest BCUT2D eigenvalue weighted by molar-refractivity contribution is 5.84. The number of hydrazone groups is 1. The van der Waals surface area contributed by atoms with E-state index in [9.17, 15) is 4.79 Å². The molecule has 6 nitrogen and oxygen atoms in total. The highest BCUT2D eigenvalue weighted by Gasteiger charge is 2.03. The monoisotopic (exact) mass is 284 g/mol. The molecule has 0 saturated heterocycles. The van der Waals surface area contributed by atoms with Crippen LogP contribution in [0.15, 0.2) is 53.9 Å². The second-order valence-electron chi connectivity index (χ2n) is 4.13. The van der Waals surface area contributed by atoms with E-state index >= 15 is 0 Å². The van der Waals surface area contributed by atoms with E-state index in [1.165, 1.54) is 0 Å². The van der Waals surface area contributed by atoms with Crippen LogP contribution in [0.3, 0.4) is 0 Å². The first kappa shape index (κ1) is 14.5. The first-order valence-electron chi connectivity index (χ1n) is 6.38. The molecule has 2 rings (SSSR count). The van der Waals surface area contributed by atoms with E-state index in [1.807, 2.05) is 24.3 Å². The second kappa shape index (κ2) is 7.64. The summed E-state index contributed by atoms with van der Waals surface area (Å²) in [5.74, 6) is 0.441. The van der Waals surface area contributed by atoms with Gasteiger partial charge in [-0.15, -0.1) is 0 Å². The van der Waals surface area contributed by atoms with E-state index in [4.69, 9.17) is 4.74 Å². The van der Waals surface area contributed by atoms with Crippen molar-refractivity contribution in [2.45, 2.75) is 0 Å². The first-order chi connectivity index (χ1) is 10.3. The summed E-state index contributed by atoms with van der Waals surface area (Å²) in [5, 5.41) is 6.86. The summed E-state index contributed by atoms with van der Waals surface area (Å²) in [5.41, 5.74) is 4.07. The van der Waals surface area contributed by atoms with E-state index in [0.717, 1.165) is 11.3 Å². The molecule has 1 amide bonds. The zero-order chi connectivity index (χ0) is 14.9. The molecule has 1 aromatic carbocycles. The van der Waals surface area contributed by atoms with Crippen LogP contribution < -0.4 is 15.5 Å². The molecule has 108 valence electrons. The van der Waals surface area contributed by atoms with Gasteiger partial charge in [0, 0.05) is 12.4 Å². The zero-order valence-electron chi connectivity index (χ0n) is 11.6. The summed E-state index contributed by atoms with van der Waals surface area (Å²) in [6, 6.07) is 11.0. The van der Waals surface area contributed by atoms with Gasteiger partial charge in [-0.25, -0.2) is 5.43 Å². The number of pyridine rings is 1. The molecule has 1 heterocycles. The molecule has 1 aromatic heterocycles. The number of aromatic nitrogens is 1. The second-order valence-corrected chi connectivity index (χ2v) is 4.13. The smallest absolute Gasteiger partial charge is 0.259 e. The molecule has 0 bridgehead atoms. The van der Waals surface area contributed by atoms with Crippen LogP contribution >= 0.6 is 0 Å². The number of nitrogens with one attached hydrogen (secondary N) is 2. The van der Waals surface area contributed by atoms with Gasteiger partial charge in [0.2, 0.25) is 0 Å². The van der Waals surface area contributed by atoms with Gasteiger partial charge >= 0.3 is 0 Å². The molecule has 0 radical (unpaired) electrons. The van der Waals surface area contributed by atoms with Gasteiger partial charge in [0.1, 0.15) is 5.75 Å². The molecule has 0 aliphatic heterocycles. The van der Waals surface area contributed by atoms with Gasteiger partial charge in [0.15, 0.2) is 0 Å². The van der Waals surface area contributed by atoms with E-state index in [0.29, 0.717) is 5.75 Å². The van der Waals surface area contributed by atoms with Crippen LogP contribution in [0.25, 0.3) is 0 Å². The van der Waals surface area contributed by atoms with Gasteiger partial charge < -0.3 is 10.1 Å². The van der Waals surface area contributed by atoms with Crippen LogP contribution in [0.5, 0.6) is 5.75 Å². The van der Waals surface area contributed by atoms with Crippen molar-refractivity contribution >= 4 is 17.8 Å². The van der Waals surface area contributed by atoms with Gasteiger partial charge in [0.25, 0.3) is 5.91 Å². The first-order valence-corrected chi connectivity index (χ1v) is 6.38. The largest absolute Gasteiger partial charge is 0.495 e. The summed E-state index contributed by atoms with van der Waals surface area (Å²) in [7, 11) is 1.58. The third kappa shape index (κ3) is 4.61. The van der Waals surface area contributed by atoms with Crippen LogP contribution in [0.4, 0.5) is 5.69 Å². The Hall–Kier alpha value is -2.89. The lowest BCUT2D eigenvalue weighted by Gasteiger charge is -2.09. The molecule has 0 aliphatic rings. The van der Waals surface area contributed by atoms with Crippen molar-refractivity contribution in [2.75, 3.05) is 19.0 Å². The Balaban J connectivity index is 1.81. The molecule has 0 saturated carbocycles. The molecular weight excluding hydrogens is 268 g/mol. The molecule has 2 N–H and O–H groups in total. The van der Waals surface area contributed by atoms with E-state index in [2.05, 4.69) is 20.8 Å². The lowest BCUT2D eigenvalue weighted by molar-refractivity contribution is -0.119. The number of carbonyl (C=O) groups excluding carboxylic acids is 1. The van der Waals surface area contributed by atoms with Gasteiger partial charge in [-0.2, -0.15) is 5.10 Å². The minimum atomic E-state index is -0.244. The molecule has 0 fully saturated rings. The Bertz CT molecular complexity index is 614. The number of para-hydroxylation sites is 2. The third-order valence-corrected chi connectivity index (χ3v) is 2.66. The number of methoxy groups -OCH3 is 1. The predicted molar refractivity (Wildman–Crippen MR) is 81.5 cm³/mol. The Labute approximate surface area is 122 Å². The fourth-order valence-corrected chi connectivity index (χ4v) is 1.63. The number of amides is 1. The van der Waals surface area contributed by atoms with Crippen molar-refractivity contribution in [1.29, 1.82) is 0 Å². The topological polar surface area (TPSA) is 75.6 Å². The summed E-state index contributed by atoms with van der Waals surface area (Å²) >= 11 is 0. The van der Waals surface area contributed by atoms with Crippen molar-refractivity contribution in [3.8, 4) is 5.75 Å².